The zero-order valence-electron chi connectivity index (χ0n) is 9.66. The zero-order valence-corrected chi connectivity index (χ0v) is 9.66. The fourth-order valence-corrected chi connectivity index (χ4v) is 2.17. The van der Waals surface area contributed by atoms with Gasteiger partial charge < -0.3 is 9.72 Å². The Hall–Kier alpha value is -2.22. The van der Waals surface area contributed by atoms with E-state index in [0.717, 1.165) is 16.8 Å². The molecule has 0 saturated carbocycles. The number of H-pyrrole nitrogens is 1. The Balaban J connectivity index is 2.31. The standard InChI is InChI=1S/C15H13NO/c1-3-17-11-5-7-13-12-6-4-10(2)8-14(12)16-15(13)9-11/h3-9,16H,1H2,2H3. The van der Waals surface area contributed by atoms with Gasteiger partial charge >= 0.3 is 0 Å². The van der Waals surface area contributed by atoms with Crippen molar-refractivity contribution in [2.75, 3.05) is 0 Å². The summed E-state index contributed by atoms with van der Waals surface area (Å²) in [5.74, 6) is 0.802. The molecule has 3 rings (SSSR count). The molecular formula is C15H13NO. The molecule has 1 heterocycles. The molecule has 84 valence electrons. The summed E-state index contributed by atoms with van der Waals surface area (Å²) in [6, 6.07) is 12.5. The van der Waals surface area contributed by atoms with Crippen LogP contribution in [0, 0.1) is 6.92 Å². The lowest BCUT2D eigenvalue weighted by molar-refractivity contribution is 0.484. The quantitative estimate of drug-likeness (QED) is 0.648. The van der Waals surface area contributed by atoms with Crippen LogP contribution in [0.15, 0.2) is 49.2 Å². The predicted octanol–water partition coefficient (Wildman–Crippen LogP) is 4.15. The summed E-state index contributed by atoms with van der Waals surface area (Å²) in [4.78, 5) is 3.40. The van der Waals surface area contributed by atoms with E-state index >= 15 is 0 Å². The summed E-state index contributed by atoms with van der Waals surface area (Å²) in [5.41, 5.74) is 3.51. The molecule has 3 aromatic rings. The molecule has 0 spiro atoms. The Bertz CT molecular complexity index is 709. The lowest BCUT2D eigenvalue weighted by Crippen LogP contribution is -1.79. The average Bonchev–Trinajstić information content (AvgIpc) is 2.65. The summed E-state index contributed by atoms with van der Waals surface area (Å²) in [5, 5.41) is 2.46. The maximum atomic E-state index is 5.28. The second kappa shape index (κ2) is 3.67. The van der Waals surface area contributed by atoms with Gasteiger partial charge in [0.15, 0.2) is 0 Å². The predicted molar refractivity (Wildman–Crippen MR) is 71.4 cm³/mol. The highest BCUT2D eigenvalue weighted by molar-refractivity contribution is 6.07. The summed E-state index contributed by atoms with van der Waals surface area (Å²) in [7, 11) is 0. The van der Waals surface area contributed by atoms with E-state index < -0.39 is 0 Å². The molecule has 2 nitrogen and oxygen atoms in total. The Morgan fingerprint density at radius 3 is 2.53 bits per heavy atom. The van der Waals surface area contributed by atoms with Crippen LogP contribution >= 0.6 is 0 Å². The fraction of sp³-hybridized carbons (Fsp3) is 0.0667. The number of aromatic nitrogens is 1. The van der Waals surface area contributed by atoms with Crippen LogP contribution in [-0.2, 0) is 0 Å². The van der Waals surface area contributed by atoms with Crippen molar-refractivity contribution in [2.45, 2.75) is 6.92 Å². The van der Waals surface area contributed by atoms with Gasteiger partial charge in [-0.3, -0.25) is 0 Å². The zero-order chi connectivity index (χ0) is 11.8. The monoisotopic (exact) mass is 223 g/mol. The highest BCUT2D eigenvalue weighted by atomic mass is 16.5. The molecular weight excluding hydrogens is 210 g/mol. The molecule has 0 fully saturated rings. The van der Waals surface area contributed by atoms with Crippen molar-refractivity contribution in [1.29, 1.82) is 0 Å². The van der Waals surface area contributed by atoms with Gasteiger partial charge in [-0.15, -0.1) is 0 Å². The highest BCUT2D eigenvalue weighted by Gasteiger charge is 2.04. The third-order valence-electron chi connectivity index (χ3n) is 2.95. The maximum absolute atomic E-state index is 5.28. The normalized spacial score (nSPS) is 10.9. The molecule has 0 amide bonds. The van der Waals surface area contributed by atoms with E-state index in [9.17, 15) is 0 Å². The first-order valence-corrected chi connectivity index (χ1v) is 5.57. The van der Waals surface area contributed by atoms with E-state index in [1.54, 1.807) is 0 Å². The van der Waals surface area contributed by atoms with Crippen LogP contribution in [-0.4, -0.2) is 4.98 Å². The topological polar surface area (TPSA) is 25.0 Å². The maximum Gasteiger partial charge on any atom is 0.128 e. The summed E-state index contributed by atoms with van der Waals surface area (Å²) >= 11 is 0. The number of ether oxygens (including phenoxy) is 1. The van der Waals surface area contributed by atoms with Crippen LogP contribution in [0.25, 0.3) is 21.8 Å². The fourth-order valence-electron chi connectivity index (χ4n) is 2.17. The SMILES string of the molecule is C=COc1ccc2c(c1)[nH]c1cc(C)ccc12. The lowest BCUT2D eigenvalue weighted by Gasteiger charge is -1.98. The smallest absolute Gasteiger partial charge is 0.128 e. The van der Waals surface area contributed by atoms with Crippen LogP contribution in [0.2, 0.25) is 0 Å². The average molecular weight is 223 g/mol. The number of aromatic amines is 1. The van der Waals surface area contributed by atoms with Crippen molar-refractivity contribution in [3.63, 3.8) is 0 Å². The van der Waals surface area contributed by atoms with Crippen LogP contribution < -0.4 is 4.74 Å². The molecule has 0 aliphatic rings. The number of aryl methyl sites for hydroxylation is 1. The minimum atomic E-state index is 0.802. The number of fused-ring (bicyclic) bond motifs is 3. The van der Waals surface area contributed by atoms with E-state index in [4.69, 9.17) is 4.74 Å². The van der Waals surface area contributed by atoms with Gasteiger partial charge in [0.1, 0.15) is 5.75 Å². The minimum absolute atomic E-state index is 0.802. The minimum Gasteiger partial charge on any atom is -0.466 e. The Morgan fingerprint density at radius 1 is 1.06 bits per heavy atom. The lowest BCUT2D eigenvalue weighted by atomic mass is 10.1. The third-order valence-corrected chi connectivity index (χ3v) is 2.95. The first kappa shape index (κ1) is 9.97. The number of rotatable bonds is 2. The van der Waals surface area contributed by atoms with Crippen LogP contribution in [0.4, 0.5) is 0 Å². The number of hydrogen-bond donors (Lipinski definition) is 1. The summed E-state index contributed by atoms with van der Waals surface area (Å²) < 4.78 is 5.28. The number of benzene rings is 2. The second-order valence-electron chi connectivity index (χ2n) is 4.17. The van der Waals surface area contributed by atoms with Gasteiger partial charge in [-0.25, -0.2) is 0 Å². The van der Waals surface area contributed by atoms with Crippen molar-refractivity contribution in [3.05, 3.63) is 54.8 Å². The van der Waals surface area contributed by atoms with Gasteiger partial charge in [-0.1, -0.05) is 18.7 Å². The van der Waals surface area contributed by atoms with E-state index in [1.165, 1.54) is 22.6 Å². The second-order valence-corrected chi connectivity index (χ2v) is 4.17. The number of nitrogens with one attached hydrogen (secondary N) is 1. The van der Waals surface area contributed by atoms with E-state index in [-0.39, 0.29) is 0 Å². The largest absolute Gasteiger partial charge is 0.466 e. The van der Waals surface area contributed by atoms with Crippen LogP contribution in [0.1, 0.15) is 5.56 Å². The van der Waals surface area contributed by atoms with Gasteiger partial charge in [0.05, 0.1) is 11.8 Å². The van der Waals surface area contributed by atoms with E-state index in [0.29, 0.717) is 0 Å². The van der Waals surface area contributed by atoms with Gasteiger partial charge in [0, 0.05) is 22.4 Å². The molecule has 0 atom stereocenters. The number of hydrogen-bond acceptors (Lipinski definition) is 1. The first-order chi connectivity index (χ1) is 8.28. The van der Waals surface area contributed by atoms with Crippen molar-refractivity contribution < 1.29 is 4.74 Å². The summed E-state index contributed by atoms with van der Waals surface area (Å²) in [6.45, 7) is 5.65. The first-order valence-electron chi connectivity index (χ1n) is 5.57. The van der Waals surface area contributed by atoms with Crippen molar-refractivity contribution in [3.8, 4) is 5.75 Å². The molecule has 1 N–H and O–H groups in total. The molecule has 0 aliphatic carbocycles. The van der Waals surface area contributed by atoms with Gasteiger partial charge in [0.25, 0.3) is 0 Å². The third kappa shape index (κ3) is 1.58. The summed E-state index contributed by atoms with van der Waals surface area (Å²) in [6.07, 6.45) is 1.44. The van der Waals surface area contributed by atoms with Gasteiger partial charge in [-0.05, 0) is 30.7 Å². The molecule has 0 radical (unpaired) electrons. The molecule has 0 bridgehead atoms. The van der Waals surface area contributed by atoms with E-state index in [2.05, 4.69) is 42.8 Å². The van der Waals surface area contributed by atoms with Crippen molar-refractivity contribution in [1.82, 2.24) is 4.98 Å². The molecule has 2 aromatic carbocycles. The Morgan fingerprint density at radius 2 is 1.76 bits per heavy atom. The Labute approximate surface area is 99.5 Å². The van der Waals surface area contributed by atoms with Crippen LogP contribution in [0.3, 0.4) is 0 Å². The van der Waals surface area contributed by atoms with E-state index in [1.807, 2.05) is 12.1 Å². The molecule has 0 unspecified atom stereocenters. The van der Waals surface area contributed by atoms with Crippen molar-refractivity contribution >= 4 is 21.8 Å². The molecule has 1 aromatic heterocycles. The molecule has 0 saturated heterocycles. The van der Waals surface area contributed by atoms with Crippen LogP contribution in [0.5, 0.6) is 5.75 Å². The highest BCUT2D eigenvalue weighted by Crippen LogP contribution is 2.28. The van der Waals surface area contributed by atoms with Gasteiger partial charge in [0.2, 0.25) is 0 Å². The molecule has 17 heavy (non-hydrogen) atoms. The van der Waals surface area contributed by atoms with Gasteiger partial charge in [-0.2, -0.15) is 0 Å². The molecule has 2 heteroatoms. The van der Waals surface area contributed by atoms with Crippen molar-refractivity contribution in [2.24, 2.45) is 0 Å². The Kier molecular flexibility index (Phi) is 2.15. The molecule has 0 aliphatic heterocycles.